The zero-order chi connectivity index (χ0) is 16.2. The molecule has 3 rings (SSSR count). The number of aromatic nitrogens is 2. The van der Waals surface area contributed by atoms with Gasteiger partial charge in [0.1, 0.15) is 0 Å². The third-order valence-corrected chi connectivity index (χ3v) is 4.76. The van der Waals surface area contributed by atoms with E-state index in [1.807, 2.05) is 11.0 Å². The van der Waals surface area contributed by atoms with Gasteiger partial charge < -0.3 is 4.90 Å². The second-order valence-corrected chi connectivity index (χ2v) is 6.58. The second kappa shape index (κ2) is 7.18. The van der Waals surface area contributed by atoms with Crippen LogP contribution in [0.25, 0.3) is 0 Å². The van der Waals surface area contributed by atoms with Crippen molar-refractivity contribution in [2.24, 2.45) is 7.05 Å². The third-order valence-electron chi connectivity index (χ3n) is 4.48. The molecule has 4 nitrogen and oxygen atoms in total. The number of benzene rings is 1. The van der Waals surface area contributed by atoms with Crippen molar-refractivity contribution >= 4 is 17.5 Å². The highest BCUT2D eigenvalue weighted by atomic mass is 35.5. The summed E-state index contributed by atoms with van der Waals surface area (Å²) in [6, 6.07) is 10.7. The highest BCUT2D eigenvalue weighted by Crippen LogP contribution is 2.25. The van der Waals surface area contributed by atoms with Gasteiger partial charge in [-0.1, -0.05) is 41.9 Å². The summed E-state index contributed by atoms with van der Waals surface area (Å²) in [4.78, 5) is 14.8. The van der Waals surface area contributed by atoms with Crippen LogP contribution < -0.4 is 0 Å². The van der Waals surface area contributed by atoms with E-state index in [1.54, 1.807) is 17.9 Å². The van der Waals surface area contributed by atoms with E-state index in [4.69, 9.17) is 11.6 Å². The average molecular weight is 332 g/mol. The van der Waals surface area contributed by atoms with Crippen LogP contribution in [0.2, 0.25) is 5.02 Å². The van der Waals surface area contributed by atoms with Crippen molar-refractivity contribution in [2.45, 2.75) is 38.1 Å². The number of aryl methyl sites for hydroxylation is 2. The first-order valence-corrected chi connectivity index (χ1v) is 8.57. The molecule has 1 amide bonds. The molecule has 122 valence electrons. The number of hydrogen-bond donors (Lipinski definition) is 0. The number of carbonyl (C=O) groups is 1. The predicted octanol–water partition coefficient (Wildman–Crippen LogP) is 3.70. The lowest BCUT2D eigenvalue weighted by molar-refractivity contribution is 0.0595. The minimum atomic E-state index is -0.0339. The molecule has 0 saturated carbocycles. The molecule has 1 aromatic carbocycles. The van der Waals surface area contributed by atoms with Gasteiger partial charge in [0.2, 0.25) is 0 Å². The Morgan fingerprint density at radius 3 is 2.78 bits per heavy atom. The van der Waals surface area contributed by atoms with Gasteiger partial charge in [-0.3, -0.25) is 9.48 Å². The standard InChI is InChI=1S/C18H22ClN3O/c1-21-13-16(19)17(20-21)18(23)22-12-6-5-9-15(22)11-10-14-7-3-2-4-8-14/h2-4,7-8,13,15H,5-6,9-12H2,1H3/t15-/m0/s1. The summed E-state index contributed by atoms with van der Waals surface area (Å²) in [5.74, 6) is -0.0339. The Balaban J connectivity index is 1.71. The minimum Gasteiger partial charge on any atom is -0.334 e. The van der Waals surface area contributed by atoms with E-state index in [9.17, 15) is 4.79 Å². The lowest BCUT2D eigenvalue weighted by atomic mass is 9.95. The number of hydrogen-bond acceptors (Lipinski definition) is 2. The highest BCUT2D eigenvalue weighted by Gasteiger charge is 2.29. The lowest BCUT2D eigenvalue weighted by Gasteiger charge is -2.35. The fourth-order valence-corrected chi connectivity index (χ4v) is 3.55. The smallest absolute Gasteiger partial charge is 0.276 e. The Morgan fingerprint density at radius 1 is 1.30 bits per heavy atom. The van der Waals surface area contributed by atoms with Crippen molar-refractivity contribution in [1.82, 2.24) is 14.7 Å². The Bertz CT molecular complexity index is 668. The van der Waals surface area contributed by atoms with Crippen LogP contribution in [0.5, 0.6) is 0 Å². The van der Waals surface area contributed by atoms with Crippen LogP contribution in [0, 0.1) is 0 Å². The van der Waals surface area contributed by atoms with Gasteiger partial charge in [-0.25, -0.2) is 0 Å². The molecule has 1 aliphatic heterocycles. The molecule has 0 N–H and O–H groups in total. The molecule has 1 aromatic heterocycles. The van der Waals surface area contributed by atoms with Crippen molar-refractivity contribution in [3.63, 3.8) is 0 Å². The van der Waals surface area contributed by atoms with Crippen LogP contribution in [-0.2, 0) is 13.5 Å². The number of piperidine rings is 1. The summed E-state index contributed by atoms with van der Waals surface area (Å²) in [6.45, 7) is 0.797. The molecular formula is C18H22ClN3O. The maximum absolute atomic E-state index is 12.8. The summed E-state index contributed by atoms with van der Waals surface area (Å²) in [5.41, 5.74) is 1.70. The van der Waals surface area contributed by atoms with Gasteiger partial charge >= 0.3 is 0 Å². The van der Waals surface area contributed by atoms with Gasteiger partial charge in [0.05, 0.1) is 5.02 Å². The van der Waals surface area contributed by atoms with Gasteiger partial charge in [0, 0.05) is 25.8 Å². The fourth-order valence-electron chi connectivity index (χ4n) is 3.29. The predicted molar refractivity (Wildman–Crippen MR) is 91.7 cm³/mol. The molecule has 0 bridgehead atoms. The van der Waals surface area contributed by atoms with Crippen LogP contribution in [0.15, 0.2) is 36.5 Å². The molecule has 2 aromatic rings. The van der Waals surface area contributed by atoms with E-state index >= 15 is 0 Å². The van der Waals surface area contributed by atoms with Crippen molar-refractivity contribution in [1.29, 1.82) is 0 Å². The van der Waals surface area contributed by atoms with Crippen LogP contribution in [0.3, 0.4) is 0 Å². The first-order chi connectivity index (χ1) is 11.1. The number of rotatable bonds is 4. The molecule has 1 atom stereocenters. The fraction of sp³-hybridized carbons (Fsp3) is 0.444. The van der Waals surface area contributed by atoms with Crippen molar-refractivity contribution in [2.75, 3.05) is 6.54 Å². The molecular weight excluding hydrogens is 310 g/mol. The topological polar surface area (TPSA) is 38.1 Å². The Morgan fingerprint density at radius 2 is 2.09 bits per heavy atom. The largest absolute Gasteiger partial charge is 0.334 e. The molecule has 1 fully saturated rings. The number of nitrogens with zero attached hydrogens (tertiary/aromatic N) is 3. The molecule has 0 unspecified atom stereocenters. The highest BCUT2D eigenvalue weighted by molar-refractivity contribution is 6.33. The Labute approximate surface area is 142 Å². The zero-order valence-corrected chi connectivity index (χ0v) is 14.2. The number of likely N-dealkylation sites (tertiary alicyclic amines) is 1. The minimum absolute atomic E-state index is 0.0339. The molecule has 0 radical (unpaired) electrons. The van der Waals surface area contributed by atoms with Gasteiger partial charge in [0.15, 0.2) is 5.69 Å². The van der Waals surface area contributed by atoms with Gasteiger partial charge in [-0.2, -0.15) is 5.10 Å². The Kier molecular flexibility index (Phi) is 5.01. The molecule has 5 heteroatoms. The van der Waals surface area contributed by atoms with Gasteiger partial charge in [0.25, 0.3) is 5.91 Å². The quantitative estimate of drug-likeness (QED) is 0.856. The van der Waals surface area contributed by atoms with Crippen LogP contribution >= 0.6 is 11.6 Å². The molecule has 23 heavy (non-hydrogen) atoms. The Hall–Kier alpha value is -1.81. The van der Waals surface area contributed by atoms with E-state index in [1.165, 1.54) is 12.0 Å². The summed E-state index contributed by atoms with van der Waals surface area (Å²) in [7, 11) is 1.78. The molecule has 0 spiro atoms. The zero-order valence-electron chi connectivity index (χ0n) is 13.4. The first-order valence-electron chi connectivity index (χ1n) is 8.19. The molecule has 0 aliphatic carbocycles. The average Bonchev–Trinajstić information content (AvgIpc) is 2.92. The monoisotopic (exact) mass is 331 g/mol. The van der Waals surface area contributed by atoms with Gasteiger partial charge in [-0.15, -0.1) is 0 Å². The SMILES string of the molecule is Cn1cc(Cl)c(C(=O)N2CCCC[C@H]2CCc2ccccc2)n1. The first kappa shape index (κ1) is 16.1. The normalized spacial score (nSPS) is 18.2. The number of halogens is 1. The number of amides is 1. The summed E-state index contributed by atoms with van der Waals surface area (Å²) in [5, 5.41) is 4.67. The summed E-state index contributed by atoms with van der Waals surface area (Å²) in [6.07, 6.45) is 6.95. The van der Waals surface area contributed by atoms with E-state index in [-0.39, 0.29) is 11.9 Å². The van der Waals surface area contributed by atoms with Gasteiger partial charge in [-0.05, 0) is 37.7 Å². The third kappa shape index (κ3) is 3.75. The summed E-state index contributed by atoms with van der Waals surface area (Å²) < 4.78 is 1.60. The molecule has 1 aliphatic rings. The maximum atomic E-state index is 12.8. The maximum Gasteiger partial charge on any atom is 0.276 e. The second-order valence-electron chi connectivity index (χ2n) is 6.17. The summed E-state index contributed by atoms with van der Waals surface area (Å²) >= 11 is 6.15. The molecule has 1 saturated heterocycles. The molecule has 2 heterocycles. The van der Waals surface area contributed by atoms with Crippen LogP contribution in [0.4, 0.5) is 0 Å². The van der Waals surface area contributed by atoms with E-state index in [2.05, 4.69) is 29.4 Å². The number of carbonyl (C=O) groups excluding carboxylic acids is 1. The van der Waals surface area contributed by atoms with Crippen LogP contribution in [-0.4, -0.2) is 33.2 Å². The van der Waals surface area contributed by atoms with E-state index in [0.717, 1.165) is 32.2 Å². The van der Waals surface area contributed by atoms with Crippen molar-refractivity contribution in [3.8, 4) is 0 Å². The van der Waals surface area contributed by atoms with Crippen molar-refractivity contribution in [3.05, 3.63) is 52.8 Å². The van der Waals surface area contributed by atoms with E-state index < -0.39 is 0 Å². The van der Waals surface area contributed by atoms with Crippen molar-refractivity contribution < 1.29 is 4.79 Å². The van der Waals surface area contributed by atoms with Crippen LogP contribution in [0.1, 0.15) is 41.7 Å². The van der Waals surface area contributed by atoms with E-state index in [0.29, 0.717) is 10.7 Å². The lowest BCUT2D eigenvalue weighted by Crippen LogP contribution is -2.44.